The number of hydrogen-bond acceptors (Lipinski definition) is 6. The van der Waals surface area contributed by atoms with E-state index in [1.54, 1.807) is 11.3 Å². The van der Waals surface area contributed by atoms with E-state index in [2.05, 4.69) is 34.7 Å². The number of anilines is 2. The SMILES string of the molecule is CC(C)NCc1nnc(Nc2ccsc2)o1. The maximum Gasteiger partial charge on any atom is 0.320 e. The van der Waals surface area contributed by atoms with Crippen molar-refractivity contribution in [1.29, 1.82) is 0 Å². The van der Waals surface area contributed by atoms with Crippen LogP contribution in [0.5, 0.6) is 0 Å². The van der Waals surface area contributed by atoms with Gasteiger partial charge in [-0.1, -0.05) is 18.9 Å². The highest BCUT2D eigenvalue weighted by molar-refractivity contribution is 7.08. The average Bonchev–Trinajstić information content (AvgIpc) is 2.87. The third-order valence-electron chi connectivity index (χ3n) is 1.90. The predicted octanol–water partition coefficient (Wildman–Crippen LogP) is 2.37. The van der Waals surface area contributed by atoms with E-state index >= 15 is 0 Å². The smallest absolute Gasteiger partial charge is 0.320 e. The van der Waals surface area contributed by atoms with E-state index in [1.807, 2.05) is 16.8 Å². The summed E-state index contributed by atoms with van der Waals surface area (Å²) in [7, 11) is 0. The fraction of sp³-hybridized carbons (Fsp3) is 0.400. The summed E-state index contributed by atoms with van der Waals surface area (Å²) in [6.45, 7) is 4.73. The molecule has 2 N–H and O–H groups in total. The van der Waals surface area contributed by atoms with Gasteiger partial charge < -0.3 is 15.1 Å². The highest BCUT2D eigenvalue weighted by Gasteiger charge is 2.06. The molecular weight excluding hydrogens is 224 g/mol. The monoisotopic (exact) mass is 238 g/mol. The van der Waals surface area contributed by atoms with Gasteiger partial charge in [-0.15, -0.1) is 5.10 Å². The summed E-state index contributed by atoms with van der Waals surface area (Å²) in [6.07, 6.45) is 0. The van der Waals surface area contributed by atoms with E-state index in [-0.39, 0.29) is 0 Å². The molecule has 0 bridgehead atoms. The van der Waals surface area contributed by atoms with Gasteiger partial charge in [0.25, 0.3) is 0 Å². The zero-order chi connectivity index (χ0) is 11.4. The van der Waals surface area contributed by atoms with Crippen LogP contribution < -0.4 is 10.6 Å². The van der Waals surface area contributed by atoms with Gasteiger partial charge in [-0.3, -0.25) is 0 Å². The standard InChI is InChI=1S/C10H14N4OS/c1-7(2)11-5-9-13-14-10(15-9)12-8-3-4-16-6-8/h3-4,6-7,11H,5H2,1-2H3,(H,12,14). The third-order valence-corrected chi connectivity index (χ3v) is 2.58. The lowest BCUT2D eigenvalue weighted by molar-refractivity contribution is 0.460. The molecule has 16 heavy (non-hydrogen) atoms. The molecule has 0 aliphatic heterocycles. The van der Waals surface area contributed by atoms with Gasteiger partial charge in [-0.2, -0.15) is 11.3 Å². The maximum absolute atomic E-state index is 5.42. The molecule has 0 fully saturated rings. The summed E-state index contributed by atoms with van der Waals surface area (Å²) in [4.78, 5) is 0. The summed E-state index contributed by atoms with van der Waals surface area (Å²) in [5.41, 5.74) is 0.969. The second-order valence-electron chi connectivity index (χ2n) is 3.67. The molecule has 5 nitrogen and oxygen atoms in total. The highest BCUT2D eigenvalue weighted by Crippen LogP contribution is 2.17. The summed E-state index contributed by atoms with van der Waals surface area (Å²) in [5, 5.41) is 18.1. The predicted molar refractivity (Wildman–Crippen MR) is 63.9 cm³/mol. The average molecular weight is 238 g/mol. The first-order valence-corrected chi connectivity index (χ1v) is 6.03. The molecule has 0 atom stereocenters. The van der Waals surface area contributed by atoms with Crippen molar-refractivity contribution in [2.45, 2.75) is 26.4 Å². The number of rotatable bonds is 5. The highest BCUT2D eigenvalue weighted by atomic mass is 32.1. The van der Waals surface area contributed by atoms with Crippen LogP contribution in [0.3, 0.4) is 0 Å². The van der Waals surface area contributed by atoms with Gasteiger partial charge in [-0.05, 0) is 11.4 Å². The Balaban J connectivity index is 1.92. The van der Waals surface area contributed by atoms with Crippen molar-refractivity contribution in [3.63, 3.8) is 0 Å². The summed E-state index contributed by atoms with van der Waals surface area (Å²) in [6, 6.07) is 2.79. The Bertz CT molecular complexity index is 424. The van der Waals surface area contributed by atoms with Crippen LogP contribution in [0, 0.1) is 0 Å². The third kappa shape index (κ3) is 3.04. The number of thiophene rings is 1. The first-order chi connectivity index (χ1) is 7.74. The van der Waals surface area contributed by atoms with Crippen LogP contribution in [0.1, 0.15) is 19.7 Å². The molecular formula is C10H14N4OS. The fourth-order valence-electron chi connectivity index (χ4n) is 1.13. The number of nitrogens with one attached hydrogen (secondary N) is 2. The largest absolute Gasteiger partial charge is 0.406 e. The zero-order valence-corrected chi connectivity index (χ0v) is 10.0. The Morgan fingerprint density at radius 3 is 3.00 bits per heavy atom. The zero-order valence-electron chi connectivity index (χ0n) is 9.23. The van der Waals surface area contributed by atoms with Gasteiger partial charge in [-0.25, -0.2) is 0 Å². The molecule has 2 aromatic heterocycles. The van der Waals surface area contributed by atoms with Gasteiger partial charge >= 0.3 is 6.01 Å². The lowest BCUT2D eigenvalue weighted by atomic mass is 10.4. The number of nitrogens with zero attached hydrogens (tertiary/aromatic N) is 2. The quantitative estimate of drug-likeness (QED) is 0.837. The topological polar surface area (TPSA) is 63.0 Å². The van der Waals surface area contributed by atoms with Crippen molar-refractivity contribution < 1.29 is 4.42 Å². The van der Waals surface area contributed by atoms with E-state index in [9.17, 15) is 0 Å². The molecule has 86 valence electrons. The van der Waals surface area contributed by atoms with E-state index in [1.165, 1.54) is 0 Å². The Kier molecular flexibility index (Phi) is 3.53. The minimum atomic E-state index is 0.403. The van der Waals surface area contributed by atoms with Gasteiger partial charge in [0.1, 0.15) is 0 Å². The summed E-state index contributed by atoms with van der Waals surface area (Å²) >= 11 is 1.62. The summed E-state index contributed by atoms with van der Waals surface area (Å²) < 4.78 is 5.42. The van der Waals surface area contributed by atoms with Crippen molar-refractivity contribution >= 4 is 23.0 Å². The molecule has 0 spiro atoms. The molecule has 0 unspecified atom stereocenters. The van der Waals surface area contributed by atoms with E-state index < -0.39 is 0 Å². The Morgan fingerprint density at radius 2 is 2.31 bits per heavy atom. The van der Waals surface area contributed by atoms with Crippen LogP contribution in [0.15, 0.2) is 21.2 Å². The van der Waals surface area contributed by atoms with Crippen molar-refractivity contribution in [1.82, 2.24) is 15.5 Å². The van der Waals surface area contributed by atoms with Crippen LogP contribution >= 0.6 is 11.3 Å². The van der Waals surface area contributed by atoms with Crippen molar-refractivity contribution in [3.8, 4) is 0 Å². The molecule has 2 rings (SSSR count). The number of hydrogen-bond donors (Lipinski definition) is 2. The molecule has 2 heterocycles. The molecule has 0 saturated carbocycles. The van der Waals surface area contributed by atoms with Crippen LogP contribution in [0.25, 0.3) is 0 Å². The molecule has 0 aromatic carbocycles. The fourth-order valence-corrected chi connectivity index (χ4v) is 1.71. The molecule has 0 amide bonds. The minimum Gasteiger partial charge on any atom is -0.406 e. The van der Waals surface area contributed by atoms with Crippen molar-refractivity contribution in [2.24, 2.45) is 0 Å². The second kappa shape index (κ2) is 5.09. The number of aromatic nitrogens is 2. The Hall–Kier alpha value is -1.40. The molecule has 0 saturated heterocycles. The van der Waals surface area contributed by atoms with Gasteiger partial charge in [0, 0.05) is 11.4 Å². The molecule has 0 aliphatic rings. The lowest BCUT2D eigenvalue weighted by Gasteiger charge is -2.03. The van der Waals surface area contributed by atoms with Crippen LogP contribution in [0.4, 0.5) is 11.7 Å². The lowest BCUT2D eigenvalue weighted by Crippen LogP contribution is -2.21. The molecule has 0 radical (unpaired) electrons. The van der Waals surface area contributed by atoms with E-state index in [0.717, 1.165) is 5.69 Å². The normalized spacial score (nSPS) is 10.9. The Labute approximate surface area is 97.9 Å². The first-order valence-electron chi connectivity index (χ1n) is 5.09. The van der Waals surface area contributed by atoms with Crippen molar-refractivity contribution in [2.75, 3.05) is 5.32 Å². The molecule has 6 heteroatoms. The molecule has 0 aliphatic carbocycles. The van der Waals surface area contributed by atoms with Crippen molar-refractivity contribution in [3.05, 3.63) is 22.7 Å². The van der Waals surface area contributed by atoms with Crippen LogP contribution in [-0.2, 0) is 6.54 Å². The second-order valence-corrected chi connectivity index (χ2v) is 4.45. The summed E-state index contributed by atoms with van der Waals surface area (Å²) in [5.74, 6) is 0.589. The Morgan fingerprint density at radius 1 is 1.44 bits per heavy atom. The molecule has 2 aromatic rings. The van der Waals surface area contributed by atoms with Gasteiger partial charge in [0.2, 0.25) is 5.89 Å². The van der Waals surface area contributed by atoms with Crippen LogP contribution in [-0.4, -0.2) is 16.2 Å². The van der Waals surface area contributed by atoms with Gasteiger partial charge in [0.05, 0.1) is 12.2 Å². The van der Waals surface area contributed by atoms with Crippen LogP contribution in [0.2, 0.25) is 0 Å². The maximum atomic E-state index is 5.42. The first kappa shape index (κ1) is 11.1. The van der Waals surface area contributed by atoms with E-state index in [4.69, 9.17) is 4.42 Å². The minimum absolute atomic E-state index is 0.403. The van der Waals surface area contributed by atoms with E-state index in [0.29, 0.717) is 24.5 Å². The van der Waals surface area contributed by atoms with Gasteiger partial charge in [0.15, 0.2) is 0 Å².